The lowest BCUT2D eigenvalue weighted by atomic mass is 9.90. The molecule has 1 aliphatic rings. The van der Waals surface area contributed by atoms with E-state index in [9.17, 15) is 9.90 Å². The standard InChI is InChI=1S/C19H20Cl2N2O2/c1-12-11-22-7-4-15(12)18(16-3-2-14(20)10-17(16)21)23-8-5-13(6-9-23)19(24)25/h2-4,7,10-11,13,18H,5-6,8-9H2,1H3,(H,24,25). The Kier molecular flexibility index (Phi) is 5.62. The summed E-state index contributed by atoms with van der Waals surface area (Å²) < 4.78 is 0. The van der Waals surface area contributed by atoms with Crippen LogP contribution in [0, 0.1) is 12.8 Å². The Morgan fingerprint density at radius 3 is 2.56 bits per heavy atom. The molecule has 0 amide bonds. The van der Waals surface area contributed by atoms with Crippen molar-refractivity contribution in [2.75, 3.05) is 13.1 Å². The Balaban J connectivity index is 1.99. The van der Waals surface area contributed by atoms with Crippen LogP contribution in [0.15, 0.2) is 36.7 Å². The van der Waals surface area contributed by atoms with Crippen LogP contribution in [-0.2, 0) is 4.79 Å². The molecule has 1 atom stereocenters. The number of hydrogen-bond donors (Lipinski definition) is 1. The van der Waals surface area contributed by atoms with Crippen LogP contribution in [0.4, 0.5) is 0 Å². The third-order valence-corrected chi connectivity index (χ3v) is 5.42. The van der Waals surface area contributed by atoms with Gasteiger partial charge in [0.15, 0.2) is 0 Å². The minimum absolute atomic E-state index is 0.0393. The molecule has 0 spiro atoms. The SMILES string of the molecule is Cc1cnccc1C(c1ccc(Cl)cc1Cl)N1CCC(C(=O)O)CC1. The van der Waals surface area contributed by atoms with Gasteiger partial charge in [0.05, 0.1) is 12.0 Å². The lowest BCUT2D eigenvalue weighted by Crippen LogP contribution is -2.39. The molecule has 1 unspecified atom stereocenters. The first-order valence-electron chi connectivity index (χ1n) is 8.29. The Labute approximate surface area is 157 Å². The third-order valence-electron chi connectivity index (χ3n) is 4.86. The zero-order chi connectivity index (χ0) is 18.0. The van der Waals surface area contributed by atoms with Gasteiger partial charge in [-0.1, -0.05) is 29.3 Å². The lowest BCUT2D eigenvalue weighted by molar-refractivity contribution is -0.143. The largest absolute Gasteiger partial charge is 0.481 e. The average Bonchev–Trinajstić information content (AvgIpc) is 2.59. The highest BCUT2D eigenvalue weighted by atomic mass is 35.5. The van der Waals surface area contributed by atoms with E-state index in [1.165, 1.54) is 0 Å². The highest BCUT2D eigenvalue weighted by Crippen LogP contribution is 2.37. The molecule has 1 aromatic carbocycles. The molecule has 0 bridgehead atoms. The Hall–Kier alpha value is -1.62. The number of carboxylic acid groups (broad SMARTS) is 1. The molecule has 2 aromatic rings. The van der Waals surface area contributed by atoms with Crippen LogP contribution in [0.3, 0.4) is 0 Å². The first-order valence-corrected chi connectivity index (χ1v) is 9.05. The Bertz CT molecular complexity index is 774. The van der Waals surface area contributed by atoms with Gasteiger partial charge in [-0.15, -0.1) is 0 Å². The van der Waals surface area contributed by atoms with E-state index in [-0.39, 0.29) is 12.0 Å². The number of rotatable bonds is 4. The van der Waals surface area contributed by atoms with E-state index in [0.717, 1.165) is 16.7 Å². The smallest absolute Gasteiger partial charge is 0.306 e. The minimum Gasteiger partial charge on any atom is -0.481 e. The normalized spacial score (nSPS) is 17.4. The van der Waals surface area contributed by atoms with Crippen LogP contribution < -0.4 is 0 Å². The van der Waals surface area contributed by atoms with E-state index >= 15 is 0 Å². The number of carbonyl (C=O) groups is 1. The first kappa shape index (κ1) is 18.2. The molecule has 1 aromatic heterocycles. The second-order valence-corrected chi connectivity index (χ2v) is 7.29. The number of pyridine rings is 1. The van der Waals surface area contributed by atoms with Crippen molar-refractivity contribution >= 4 is 29.2 Å². The fraction of sp³-hybridized carbons (Fsp3) is 0.368. The molecule has 2 heterocycles. The van der Waals surface area contributed by atoms with Gasteiger partial charge in [-0.3, -0.25) is 14.7 Å². The summed E-state index contributed by atoms with van der Waals surface area (Å²) in [6.07, 6.45) is 4.90. The number of carboxylic acids is 1. The number of likely N-dealkylation sites (tertiary alicyclic amines) is 1. The maximum Gasteiger partial charge on any atom is 0.306 e. The summed E-state index contributed by atoms with van der Waals surface area (Å²) in [5.41, 5.74) is 3.20. The summed E-state index contributed by atoms with van der Waals surface area (Å²) in [5, 5.41) is 10.5. The number of aryl methyl sites for hydroxylation is 1. The second kappa shape index (κ2) is 7.73. The van der Waals surface area contributed by atoms with Crippen molar-refractivity contribution in [1.82, 2.24) is 9.88 Å². The molecule has 1 fully saturated rings. The van der Waals surface area contributed by atoms with E-state index in [0.29, 0.717) is 36.0 Å². The molecule has 1 N–H and O–H groups in total. The van der Waals surface area contributed by atoms with E-state index in [1.807, 2.05) is 31.3 Å². The quantitative estimate of drug-likeness (QED) is 0.845. The van der Waals surface area contributed by atoms with E-state index < -0.39 is 5.97 Å². The molecule has 0 radical (unpaired) electrons. The van der Waals surface area contributed by atoms with Crippen LogP contribution in [-0.4, -0.2) is 34.0 Å². The van der Waals surface area contributed by atoms with Crippen molar-refractivity contribution in [3.05, 3.63) is 63.4 Å². The zero-order valence-corrected chi connectivity index (χ0v) is 15.5. The topological polar surface area (TPSA) is 53.4 Å². The second-order valence-electron chi connectivity index (χ2n) is 6.45. The van der Waals surface area contributed by atoms with Crippen molar-refractivity contribution in [2.24, 2.45) is 5.92 Å². The fourth-order valence-electron chi connectivity index (χ4n) is 3.48. The first-order chi connectivity index (χ1) is 12.0. The Morgan fingerprint density at radius 2 is 1.96 bits per heavy atom. The minimum atomic E-state index is -0.708. The third kappa shape index (κ3) is 3.97. The predicted molar refractivity (Wildman–Crippen MR) is 99.2 cm³/mol. The summed E-state index contributed by atoms with van der Waals surface area (Å²) in [4.78, 5) is 17.7. The highest BCUT2D eigenvalue weighted by molar-refractivity contribution is 6.35. The lowest BCUT2D eigenvalue weighted by Gasteiger charge is -2.38. The van der Waals surface area contributed by atoms with Crippen molar-refractivity contribution < 1.29 is 9.90 Å². The maximum atomic E-state index is 11.3. The number of halogens is 2. The zero-order valence-electron chi connectivity index (χ0n) is 14.0. The number of piperidine rings is 1. The average molecular weight is 379 g/mol. The van der Waals surface area contributed by atoms with Crippen LogP contribution in [0.5, 0.6) is 0 Å². The number of aliphatic carboxylic acids is 1. The molecule has 132 valence electrons. The summed E-state index contributed by atoms with van der Waals surface area (Å²) >= 11 is 12.6. The molecular formula is C19H20Cl2N2O2. The van der Waals surface area contributed by atoms with Crippen molar-refractivity contribution in [3.8, 4) is 0 Å². The number of aromatic nitrogens is 1. The summed E-state index contributed by atoms with van der Waals surface area (Å²) in [5.74, 6) is -0.975. The monoisotopic (exact) mass is 378 g/mol. The van der Waals surface area contributed by atoms with Crippen molar-refractivity contribution in [1.29, 1.82) is 0 Å². The van der Waals surface area contributed by atoms with Gasteiger partial charge in [-0.2, -0.15) is 0 Å². The number of hydrogen-bond acceptors (Lipinski definition) is 3. The van der Waals surface area contributed by atoms with Crippen molar-refractivity contribution in [2.45, 2.75) is 25.8 Å². The van der Waals surface area contributed by atoms with Crippen LogP contribution >= 0.6 is 23.2 Å². The van der Waals surface area contributed by atoms with Gasteiger partial charge < -0.3 is 5.11 Å². The van der Waals surface area contributed by atoms with Gasteiger partial charge >= 0.3 is 5.97 Å². The van der Waals surface area contributed by atoms with Crippen LogP contribution in [0.1, 0.15) is 35.6 Å². The molecule has 0 saturated carbocycles. The molecule has 1 saturated heterocycles. The van der Waals surface area contributed by atoms with E-state index in [4.69, 9.17) is 23.2 Å². The summed E-state index contributed by atoms with van der Waals surface area (Å²) in [6, 6.07) is 7.53. The molecular weight excluding hydrogens is 359 g/mol. The molecule has 1 aliphatic heterocycles. The number of benzene rings is 1. The highest BCUT2D eigenvalue weighted by Gasteiger charge is 2.31. The summed E-state index contributed by atoms with van der Waals surface area (Å²) in [6.45, 7) is 3.45. The molecule has 3 rings (SSSR count). The Morgan fingerprint density at radius 1 is 1.24 bits per heavy atom. The molecule has 6 heteroatoms. The molecule has 4 nitrogen and oxygen atoms in total. The van der Waals surface area contributed by atoms with Crippen LogP contribution in [0.2, 0.25) is 10.0 Å². The molecule has 25 heavy (non-hydrogen) atoms. The van der Waals surface area contributed by atoms with E-state index in [1.54, 1.807) is 12.3 Å². The fourth-order valence-corrected chi connectivity index (χ4v) is 3.99. The van der Waals surface area contributed by atoms with Gasteiger partial charge in [-0.25, -0.2) is 0 Å². The summed E-state index contributed by atoms with van der Waals surface area (Å²) in [7, 11) is 0. The number of nitrogens with zero attached hydrogens (tertiary/aromatic N) is 2. The van der Waals surface area contributed by atoms with E-state index in [2.05, 4.69) is 9.88 Å². The van der Waals surface area contributed by atoms with Gasteiger partial charge in [0, 0.05) is 22.4 Å². The van der Waals surface area contributed by atoms with Crippen LogP contribution in [0.25, 0.3) is 0 Å². The van der Waals surface area contributed by atoms with Gasteiger partial charge in [0.1, 0.15) is 0 Å². The van der Waals surface area contributed by atoms with Gasteiger partial charge in [0.25, 0.3) is 0 Å². The van der Waals surface area contributed by atoms with Crippen molar-refractivity contribution in [3.63, 3.8) is 0 Å². The predicted octanol–water partition coefficient (Wildman–Crippen LogP) is 4.58. The molecule has 0 aliphatic carbocycles. The van der Waals surface area contributed by atoms with Gasteiger partial charge in [0.2, 0.25) is 0 Å². The van der Waals surface area contributed by atoms with Gasteiger partial charge in [-0.05, 0) is 67.7 Å². The maximum absolute atomic E-state index is 11.3.